The number of hydrogen-bond acceptors (Lipinski definition) is 2. The Bertz CT molecular complexity index is 594. The second kappa shape index (κ2) is 5.43. The zero-order valence-electron chi connectivity index (χ0n) is 11.9. The van der Waals surface area contributed by atoms with Crippen LogP contribution in [0.15, 0.2) is 36.5 Å². The minimum Gasteiger partial charge on any atom is -0.505 e. The maximum atomic E-state index is 10.2. The molecule has 2 nitrogen and oxygen atoms in total. The summed E-state index contributed by atoms with van der Waals surface area (Å²) in [6.45, 7) is 6.70. The molecule has 1 aromatic carbocycles. The number of pyridine rings is 1. The number of nitrogens with zero attached hydrogens (tertiary/aromatic N) is 1. The first-order valence-corrected chi connectivity index (χ1v) is 6.71. The summed E-state index contributed by atoms with van der Waals surface area (Å²) in [6.07, 6.45) is 7.96. The van der Waals surface area contributed by atoms with E-state index in [1.165, 1.54) is 0 Å². The van der Waals surface area contributed by atoms with E-state index in [4.69, 9.17) is 0 Å². The van der Waals surface area contributed by atoms with Gasteiger partial charge in [0.25, 0.3) is 0 Å². The van der Waals surface area contributed by atoms with Crippen LogP contribution in [0.4, 0.5) is 0 Å². The van der Waals surface area contributed by atoms with Crippen molar-refractivity contribution in [1.82, 2.24) is 4.98 Å². The van der Waals surface area contributed by atoms with Crippen LogP contribution in [0.2, 0.25) is 0 Å². The van der Waals surface area contributed by atoms with E-state index in [0.29, 0.717) is 10.9 Å². The molecule has 0 aliphatic carbocycles. The largest absolute Gasteiger partial charge is 0.505 e. The summed E-state index contributed by atoms with van der Waals surface area (Å²) in [5.41, 5.74) is 1.85. The average molecular weight is 255 g/mol. The molecule has 0 fully saturated rings. The number of phenolic OH excluding ortho intramolecular Hbond substituents is 1. The summed E-state index contributed by atoms with van der Waals surface area (Å²) < 4.78 is 0. The third-order valence-corrected chi connectivity index (χ3v) is 3.14. The van der Waals surface area contributed by atoms with Crippen molar-refractivity contribution in [3.05, 3.63) is 42.1 Å². The summed E-state index contributed by atoms with van der Waals surface area (Å²) in [4.78, 5) is 4.23. The Morgan fingerprint density at radius 3 is 2.74 bits per heavy atom. The molecular formula is C17H21NO. The van der Waals surface area contributed by atoms with Gasteiger partial charge in [-0.3, -0.25) is 4.98 Å². The molecule has 0 amide bonds. The quantitative estimate of drug-likeness (QED) is 0.856. The Kier molecular flexibility index (Phi) is 3.89. The number of aromatic hydroxyl groups is 1. The molecule has 0 bridgehead atoms. The van der Waals surface area contributed by atoms with E-state index in [1.54, 1.807) is 6.20 Å². The number of benzene rings is 1. The first-order chi connectivity index (χ1) is 8.97. The Hall–Kier alpha value is -1.83. The lowest BCUT2D eigenvalue weighted by molar-refractivity contribution is 0.382. The third kappa shape index (κ3) is 3.57. The van der Waals surface area contributed by atoms with Crippen LogP contribution in [0.25, 0.3) is 17.0 Å². The highest BCUT2D eigenvalue weighted by Crippen LogP contribution is 2.28. The van der Waals surface area contributed by atoms with Crippen molar-refractivity contribution in [2.75, 3.05) is 0 Å². The van der Waals surface area contributed by atoms with Gasteiger partial charge in [0, 0.05) is 17.1 Å². The molecule has 2 rings (SSSR count). The molecule has 0 aliphatic heterocycles. The Labute approximate surface area is 114 Å². The number of aromatic nitrogens is 1. The van der Waals surface area contributed by atoms with Crippen LogP contribution in [0, 0.1) is 5.41 Å². The molecule has 1 aromatic heterocycles. The minimum absolute atomic E-state index is 0.269. The van der Waals surface area contributed by atoms with E-state index in [-0.39, 0.29) is 5.75 Å². The minimum atomic E-state index is 0.269. The van der Waals surface area contributed by atoms with Gasteiger partial charge in [0.2, 0.25) is 0 Å². The Balaban J connectivity index is 2.17. The molecule has 1 heterocycles. The number of fused-ring (bicyclic) bond motifs is 1. The second-order valence-electron chi connectivity index (χ2n) is 6.08. The van der Waals surface area contributed by atoms with Gasteiger partial charge in [0.05, 0.1) is 0 Å². The molecular weight excluding hydrogens is 234 g/mol. The van der Waals surface area contributed by atoms with Crippen LogP contribution in [0.3, 0.4) is 0 Å². The summed E-state index contributed by atoms with van der Waals surface area (Å²) in [7, 11) is 0. The summed E-state index contributed by atoms with van der Waals surface area (Å²) in [5.74, 6) is 0.269. The molecule has 2 heteroatoms. The number of rotatable bonds is 3. The Morgan fingerprint density at radius 2 is 2.00 bits per heavy atom. The van der Waals surface area contributed by atoms with E-state index in [0.717, 1.165) is 23.8 Å². The molecule has 1 N–H and O–H groups in total. The van der Waals surface area contributed by atoms with E-state index < -0.39 is 0 Å². The summed E-state index contributed by atoms with van der Waals surface area (Å²) in [5, 5.41) is 11.2. The van der Waals surface area contributed by atoms with Gasteiger partial charge in [0.1, 0.15) is 11.3 Å². The van der Waals surface area contributed by atoms with Gasteiger partial charge in [-0.15, -0.1) is 0 Å². The van der Waals surface area contributed by atoms with Crippen molar-refractivity contribution in [2.45, 2.75) is 33.6 Å². The van der Waals surface area contributed by atoms with Crippen molar-refractivity contribution >= 4 is 17.0 Å². The van der Waals surface area contributed by atoms with E-state index in [1.807, 2.05) is 30.3 Å². The van der Waals surface area contributed by atoms with Crippen LogP contribution in [0.5, 0.6) is 5.75 Å². The van der Waals surface area contributed by atoms with E-state index in [2.05, 4.69) is 31.8 Å². The van der Waals surface area contributed by atoms with Crippen molar-refractivity contribution in [1.29, 1.82) is 0 Å². The maximum absolute atomic E-state index is 10.2. The molecule has 0 unspecified atom stereocenters. The first-order valence-electron chi connectivity index (χ1n) is 6.71. The topological polar surface area (TPSA) is 33.1 Å². The maximum Gasteiger partial charge on any atom is 0.148 e. The number of phenols is 1. The van der Waals surface area contributed by atoms with Gasteiger partial charge in [-0.05, 0) is 24.3 Å². The normalized spacial score (nSPS) is 12.4. The second-order valence-corrected chi connectivity index (χ2v) is 6.08. The summed E-state index contributed by atoms with van der Waals surface area (Å²) in [6, 6.07) is 7.76. The van der Waals surface area contributed by atoms with E-state index >= 15 is 0 Å². The van der Waals surface area contributed by atoms with Crippen LogP contribution in [-0.2, 0) is 0 Å². The highest BCUT2D eigenvalue weighted by atomic mass is 16.3. The third-order valence-electron chi connectivity index (χ3n) is 3.14. The fourth-order valence-electron chi connectivity index (χ4n) is 2.01. The standard InChI is InChI=1S/C17H21NO/c1-17(2,3)11-5-4-7-14-10-9-13-8-6-12-18-15(13)16(14)19/h4,6-10,12,19H,5,11H2,1-3H3. The van der Waals surface area contributed by atoms with Crippen LogP contribution >= 0.6 is 0 Å². The average Bonchev–Trinajstić information content (AvgIpc) is 2.36. The lowest BCUT2D eigenvalue weighted by Crippen LogP contribution is -2.02. The molecule has 0 atom stereocenters. The predicted octanol–water partition coefficient (Wildman–Crippen LogP) is 4.78. The van der Waals surface area contributed by atoms with Crippen LogP contribution in [-0.4, -0.2) is 10.1 Å². The zero-order chi connectivity index (χ0) is 13.9. The van der Waals surface area contributed by atoms with Gasteiger partial charge in [0.15, 0.2) is 0 Å². The molecule has 0 saturated heterocycles. The van der Waals surface area contributed by atoms with Gasteiger partial charge in [-0.1, -0.05) is 51.1 Å². The van der Waals surface area contributed by atoms with Gasteiger partial charge < -0.3 is 5.11 Å². The van der Waals surface area contributed by atoms with Gasteiger partial charge in [-0.2, -0.15) is 0 Å². The molecule has 2 aromatic rings. The fourth-order valence-corrected chi connectivity index (χ4v) is 2.01. The lowest BCUT2D eigenvalue weighted by atomic mass is 9.90. The van der Waals surface area contributed by atoms with Gasteiger partial charge in [-0.25, -0.2) is 0 Å². The molecule has 19 heavy (non-hydrogen) atoms. The number of allylic oxidation sites excluding steroid dienone is 1. The highest BCUT2D eigenvalue weighted by Gasteiger charge is 2.08. The predicted molar refractivity (Wildman–Crippen MR) is 81.1 cm³/mol. The molecule has 100 valence electrons. The molecule has 0 aliphatic rings. The molecule has 0 saturated carbocycles. The van der Waals surface area contributed by atoms with E-state index in [9.17, 15) is 5.11 Å². The molecule has 0 radical (unpaired) electrons. The Morgan fingerprint density at radius 1 is 1.21 bits per heavy atom. The van der Waals surface area contributed by atoms with Crippen molar-refractivity contribution < 1.29 is 5.11 Å². The molecule has 0 spiro atoms. The first kappa shape index (κ1) is 13.6. The lowest BCUT2D eigenvalue weighted by Gasteiger charge is -2.16. The van der Waals surface area contributed by atoms with Crippen LogP contribution in [0.1, 0.15) is 39.2 Å². The van der Waals surface area contributed by atoms with Crippen molar-refractivity contribution in [3.63, 3.8) is 0 Å². The fraction of sp³-hybridized carbons (Fsp3) is 0.353. The van der Waals surface area contributed by atoms with Gasteiger partial charge >= 0.3 is 0 Å². The highest BCUT2D eigenvalue weighted by molar-refractivity contribution is 5.87. The van der Waals surface area contributed by atoms with Crippen molar-refractivity contribution in [3.8, 4) is 5.75 Å². The van der Waals surface area contributed by atoms with Crippen LogP contribution < -0.4 is 0 Å². The monoisotopic (exact) mass is 255 g/mol. The summed E-state index contributed by atoms with van der Waals surface area (Å²) >= 11 is 0. The van der Waals surface area contributed by atoms with Crippen molar-refractivity contribution in [2.24, 2.45) is 5.41 Å². The number of hydrogen-bond donors (Lipinski definition) is 1. The SMILES string of the molecule is CC(C)(C)CCC=Cc1ccc2cccnc2c1O. The smallest absolute Gasteiger partial charge is 0.148 e. The zero-order valence-corrected chi connectivity index (χ0v) is 11.9.